The number of nitrogens with one attached hydrogen (secondary N) is 1. The molecule has 0 fully saturated rings. The molecule has 0 aliphatic rings. The third-order valence-corrected chi connectivity index (χ3v) is 2.35. The fourth-order valence-corrected chi connectivity index (χ4v) is 1.54. The van der Waals surface area contributed by atoms with Crippen molar-refractivity contribution in [1.82, 2.24) is 5.09 Å². The number of hydrogen-bond acceptors (Lipinski definition) is 3. The van der Waals surface area contributed by atoms with E-state index in [1.807, 2.05) is 5.09 Å². The van der Waals surface area contributed by atoms with E-state index in [-0.39, 0.29) is 48.7 Å². The van der Waals surface area contributed by atoms with Gasteiger partial charge in [0.15, 0.2) is 0 Å². The second-order valence-electron chi connectivity index (χ2n) is 2.13. The van der Waals surface area contributed by atoms with Crippen molar-refractivity contribution in [2.45, 2.75) is 19.9 Å². The predicted molar refractivity (Wildman–Crippen MR) is 41.7 cm³/mol. The van der Waals surface area contributed by atoms with Crippen LogP contribution in [0, 0.1) is 0 Å². The SMILES string of the molecule is CCOP(=O)(O)N[C@@H](C)C(=O)O.[W].[W]. The largest absolute Gasteiger partial charge is 0.480 e. The summed E-state index contributed by atoms with van der Waals surface area (Å²) in [5.41, 5.74) is 0. The van der Waals surface area contributed by atoms with E-state index in [0.717, 1.165) is 0 Å². The van der Waals surface area contributed by atoms with E-state index in [1.165, 1.54) is 13.8 Å². The minimum atomic E-state index is -3.93. The van der Waals surface area contributed by atoms with Gasteiger partial charge in [-0.05, 0) is 13.8 Å². The monoisotopic (exact) mass is 565 g/mol. The van der Waals surface area contributed by atoms with Crippen molar-refractivity contribution in [2.24, 2.45) is 0 Å². The van der Waals surface area contributed by atoms with Crippen LogP contribution in [0.25, 0.3) is 0 Å². The molecule has 14 heavy (non-hydrogen) atoms. The molecule has 0 spiro atoms. The van der Waals surface area contributed by atoms with Crippen molar-refractivity contribution < 1.29 is 66.0 Å². The Bertz CT molecular complexity index is 214. The molecule has 2 atom stereocenters. The number of aliphatic carboxylic acids is 1. The summed E-state index contributed by atoms with van der Waals surface area (Å²) in [5.74, 6) is -1.20. The molecule has 0 aliphatic carbocycles. The Morgan fingerprint density at radius 2 is 2.00 bits per heavy atom. The Hall–Kier alpha value is 0.957. The fourth-order valence-electron chi connectivity index (χ4n) is 0.512. The van der Waals surface area contributed by atoms with E-state index in [4.69, 9.17) is 10.00 Å². The van der Waals surface area contributed by atoms with E-state index >= 15 is 0 Å². The Morgan fingerprint density at radius 1 is 1.57 bits per heavy atom. The van der Waals surface area contributed by atoms with Gasteiger partial charge in [-0.2, -0.15) is 0 Å². The van der Waals surface area contributed by atoms with E-state index in [0.29, 0.717) is 0 Å². The van der Waals surface area contributed by atoms with Gasteiger partial charge in [0.05, 0.1) is 6.61 Å². The molecule has 0 aromatic heterocycles. The number of hydrogen-bond donors (Lipinski definition) is 3. The molecule has 0 bridgehead atoms. The number of carboxylic acid groups (broad SMARTS) is 1. The van der Waals surface area contributed by atoms with Crippen molar-refractivity contribution in [3.8, 4) is 0 Å². The zero-order chi connectivity index (χ0) is 9.78. The average molecular weight is 565 g/mol. The van der Waals surface area contributed by atoms with Gasteiger partial charge in [-0.1, -0.05) is 0 Å². The van der Waals surface area contributed by atoms with Crippen LogP contribution in [0.3, 0.4) is 0 Å². The first kappa shape index (κ1) is 20.4. The van der Waals surface area contributed by atoms with Gasteiger partial charge in [0.1, 0.15) is 6.04 Å². The maximum absolute atomic E-state index is 10.9. The molecule has 0 rings (SSSR count). The Kier molecular flexibility index (Phi) is 13.4. The minimum Gasteiger partial charge on any atom is -0.480 e. The second kappa shape index (κ2) is 9.20. The smallest absolute Gasteiger partial charge is 0.403 e. The summed E-state index contributed by atoms with van der Waals surface area (Å²) in [7, 11) is -3.93. The van der Waals surface area contributed by atoms with E-state index in [9.17, 15) is 9.36 Å². The predicted octanol–water partition coefficient (Wildman–Crippen LogP) is 0.181. The molecule has 0 aromatic carbocycles. The van der Waals surface area contributed by atoms with E-state index < -0.39 is 19.8 Å². The van der Waals surface area contributed by atoms with Crippen LogP contribution in [0.1, 0.15) is 13.8 Å². The molecule has 0 radical (unpaired) electrons. The van der Waals surface area contributed by atoms with Crippen LogP contribution in [0.4, 0.5) is 0 Å². The van der Waals surface area contributed by atoms with Crippen LogP contribution >= 0.6 is 7.75 Å². The topological polar surface area (TPSA) is 95.9 Å². The third-order valence-electron chi connectivity index (χ3n) is 1.03. The first-order valence-electron chi connectivity index (χ1n) is 3.37. The summed E-state index contributed by atoms with van der Waals surface area (Å²) in [6.07, 6.45) is 0. The van der Waals surface area contributed by atoms with Gasteiger partial charge in [0, 0.05) is 42.1 Å². The molecule has 0 amide bonds. The molecule has 0 heterocycles. The minimum absolute atomic E-state index is 0. The quantitative estimate of drug-likeness (QED) is 0.413. The van der Waals surface area contributed by atoms with Crippen molar-refractivity contribution >= 4 is 13.7 Å². The average Bonchev–Trinajstić information content (AvgIpc) is 1.85. The third kappa shape index (κ3) is 9.51. The molecular weight excluding hydrogens is 553 g/mol. The molecule has 0 saturated heterocycles. The van der Waals surface area contributed by atoms with Crippen molar-refractivity contribution in [3.05, 3.63) is 0 Å². The Morgan fingerprint density at radius 3 is 2.29 bits per heavy atom. The van der Waals surface area contributed by atoms with Crippen LogP contribution in [0.2, 0.25) is 0 Å². The maximum atomic E-state index is 10.9. The van der Waals surface area contributed by atoms with Gasteiger partial charge in [-0.25, -0.2) is 9.65 Å². The zero-order valence-electron chi connectivity index (χ0n) is 7.67. The second-order valence-corrected chi connectivity index (χ2v) is 3.68. The molecule has 9 heteroatoms. The molecule has 0 saturated carbocycles. The fraction of sp³-hybridized carbons (Fsp3) is 0.800. The molecule has 3 N–H and O–H groups in total. The van der Waals surface area contributed by atoms with E-state index in [2.05, 4.69) is 4.52 Å². The Balaban J connectivity index is -0.000000605. The Labute approximate surface area is 111 Å². The number of rotatable bonds is 5. The summed E-state index contributed by atoms with van der Waals surface area (Å²) in [4.78, 5) is 19.1. The van der Waals surface area contributed by atoms with E-state index in [1.54, 1.807) is 0 Å². The molecule has 0 aliphatic heterocycles. The van der Waals surface area contributed by atoms with Gasteiger partial charge in [-0.15, -0.1) is 0 Å². The zero-order valence-corrected chi connectivity index (χ0v) is 14.4. The van der Waals surface area contributed by atoms with Gasteiger partial charge in [0.2, 0.25) is 0 Å². The van der Waals surface area contributed by atoms with Crippen LogP contribution in [0.5, 0.6) is 0 Å². The van der Waals surface area contributed by atoms with Crippen LogP contribution in [-0.4, -0.2) is 28.6 Å². The first-order valence-corrected chi connectivity index (χ1v) is 4.94. The molecule has 0 aromatic rings. The van der Waals surface area contributed by atoms with Gasteiger partial charge in [-0.3, -0.25) is 9.32 Å². The summed E-state index contributed by atoms with van der Waals surface area (Å²) in [6.45, 7) is 2.84. The maximum Gasteiger partial charge on any atom is 0.403 e. The summed E-state index contributed by atoms with van der Waals surface area (Å²) in [5, 5.41) is 10.3. The molecule has 6 nitrogen and oxygen atoms in total. The molecular formula is C5H12NO5PW2. The van der Waals surface area contributed by atoms with Crippen molar-refractivity contribution in [2.75, 3.05) is 6.61 Å². The number of carbonyl (C=O) groups is 1. The van der Waals surface area contributed by atoms with Crippen molar-refractivity contribution in [1.29, 1.82) is 0 Å². The van der Waals surface area contributed by atoms with Crippen LogP contribution in [0.15, 0.2) is 0 Å². The summed E-state index contributed by atoms with van der Waals surface area (Å²) < 4.78 is 15.3. The molecule has 84 valence electrons. The van der Waals surface area contributed by atoms with Gasteiger partial charge >= 0.3 is 13.7 Å². The van der Waals surface area contributed by atoms with Crippen LogP contribution in [-0.2, 0) is 56.0 Å². The standard InChI is InChI=1S/C5H12NO5P.2W/c1-3-11-12(9,10)6-4(2)5(7)8;;/h4H,3H2,1-2H3,(H,7,8)(H2,6,9,10);;/t4-;;/m0../s1. The molecule has 1 unspecified atom stereocenters. The normalized spacial score (nSPS) is 15.6. The van der Waals surface area contributed by atoms with Crippen molar-refractivity contribution in [3.63, 3.8) is 0 Å². The summed E-state index contributed by atoms with van der Waals surface area (Å²) >= 11 is 0. The summed E-state index contributed by atoms with van der Waals surface area (Å²) in [6, 6.07) is -1.10. The number of carboxylic acids is 1. The van der Waals surface area contributed by atoms with Gasteiger partial charge < -0.3 is 10.00 Å². The first-order chi connectivity index (χ1) is 5.39. The van der Waals surface area contributed by atoms with Crippen LogP contribution < -0.4 is 5.09 Å². The van der Waals surface area contributed by atoms with Gasteiger partial charge in [0.25, 0.3) is 0 Å².